The Bertz CT molecular complexity index is 1200. The summed E-state index contributed by atoms with van der Waals surface area (Å²) in [5.74, 6) is 1.84. The summed E-state index contributed by atoms with van der Waals surface area (Å²) in [5, 5.41) is 13.0. The number of aryl methyl sites for hydroxylation is 1. The molecule has 2 heterocycles. The Morgan fingerprint density at radius 2 is 1.90 bits per heavy atom. The van der Waals surface area contributed by atoms with Crippen LogP contribution in [0.3, 0.4) is 0 Å². The van der Waals surface area contributed by atoms with Crippen molar-refractivity contribution in [1.82, 2.24) is 29.8 Å². The number of thioether (sulfide) groups is 1. The summed E-state index contributed by atoms with van der Waals surface area (Å²) in [6, 6.07) is 14.8. The van der Waals surface area contributed by atoms with E-state index in [2.05, 4.69) is 22.4 Å². The number of nitrogens with zero attached hydrogens (tertiary/aromatic N) is 6. The Hall–Kier alpha value is -3.20. The topological polar surface area (TPSA) is 87.7 Å². The molecule has 0 aliphatic rings. The summed E-state index contributed by atoms with van der Waals surface area (Å²) < 4.78 is 8.86. The van der Waals surface area contributed by atoms with Gasteiger partial charge in [-0.05, 0) is 41.1 Å². The molecule has 0 N–H and O–H groups in total. The van der Waals surface area contributed by atoms with Crippen LogP contribution in [0.25, 0.3) is 16.6 Å². The number of hydrogen-bond donors (Lipinski definition) is 0. The molecule has 0 fully saturated rings. The van der Waals surface area contributed by atoms with Gasteiger partial charge in [0.25, 0.3) is 5.56 Å². The zero-order valence-electron chi connectivity index (χ0n) is 16.1. The number of ether oxygens (including phenoxy) is 1. The van der Waals surface area contributed by atoms with Crippen molar-refractivity contribution >= 4 is 22.7 Å². The molecule has 0 spiro atoms. The van der Waals surface area contributed by atoms with Gasteiger partial charge in [-0.15, -0.1) is 5.10 Å². The number of fused-ring (bicyclic) bond motifs is 1. The molecule has 148 valence electrons. The van der Waals surface area contributed by atoms with Crippen LogP contribution >= 0.6 is 11.8 Å². The van der Waals surface area contributed by atoms with Crippen molar-refractivity contribution < 1.29 is 4.74 Å². The molecule has 0 aliphatic heterocycles. The summed E-state index contributed by atoms with van der Waals surface area (Å²) in [6.45, 7) is 2.82. The first-order chi connectivity index (χ1) is 14.2. The van der Waals surface area contributed by atoms with E-state index in [-0.39, 0.29) is 5.56 Å². The number of rotatable bonds is 7. The van der Waals surface area contributed by atoms with E-state index in [4.69, 9.17) is 9.72 Å². The van der Waals surface area contributed by atoms with Gasteiger partial charge in [-0.25, -0.2) is 9.67 Å². The van der Waals surface area contributed by atoms with Crippen LogP contribution in [0.1, 0.15) is 19.2 Å². The first-order valence-corrected chi connectivity index (χ1v) is 10.2. The summed E-state index contributed by atoms with van der Waals surface area (Å²) in [6.07, 6.45) is 0.933. The molecule has 0 bridgehead atoms. The van der Waals surface area contributed by atoms with Crippen LogP contribution < -0.4 is 10.3 Å². The van der Waals surface area contributed by atoms with Crippen molar-refractivity contribution in [3.63, 3.8) is 0 Å². The lowest BCUT2D eigenvalue weighted by Crippen LogP contribution is -2.22. The molecule has 0 saturated heterocycles. The van der Waals surface area contributed by atoms with Gasteiger partial charge in [-0.3, -0.25) is 9.36 Å². The van der Waals surface area contributed by atoms with E-state index in [9.17, 15) is 4.79 Å². The molecule has 4 rings (SSSR count). The molecule has 4 aromatic rings. The molecule has 2 aromatic heterocycles. The van der Waals surface area contributed by atoms with E-state index in [1.165, 1.54) is 11.8 Å². The Labute approximate surface area is 171 Å². The minimum atomic E-state index is -0.143. The second-order valence-corrected chi connectivity index (χ2v) is 7.27. The summed E-state index contributed by atoms with van der Waals surface area (Å²) in [4.78, 5) is 18.1. The monoisotopic (exact) mass is 408 g/mol. The standard InChI is InChI=1S/C20H20N6O2S/c1-3-12-25-18(22-23-24-25)13-29-20-21-15-9-5-4-8-14(15)19(27)26(20)16-10-6-7-11-17(16)28-2/h4-11H,3,12-13H2,1-2H3. The minimum absolute atomic E-state index is 0.143. The van der Waals surface area contributed by atoms with Gasteiger partial charge in [0.2, 0.25) is 0 Å². The molecule has 8 nitrogen and oxygen atoms in total. The van der Waals surface area contributed by atoms with Crippen LogP contribution in [0.2, 0.25) is 0 Å². The van der Waals surface area contributed by atoms with E-state index in [1.807, 2.05) is 42.5 Å². The lowest BCUT2D eigenvalue weighted by molar-refractivity contribution is 0.411. The second kappa shape index (κ2) is 8.44. The molecule has 0 radical (unpaired) electrons. The number of tetrazole rings is 1. The fourth-order valence-electron chi connectivity index (χ4n) is 3.08. The molecule has 0 amide bonds. The molecule has 29 heavy (non-hydrogen) atoms. The van der Waals surface area contributed by atoms with Crippen molar-refractivity contribution in [2.24, 2.45) is 0 Å². The second-order valence-electron chi connectivity index (χ2n) is 6.33. The van der Waals surface area contributed by atoms with E-state index < -0.39 is 0 Å². The summed E-state index contributed by atoms with van der Waals surface area (Å²) >= 11 is 1.42. The Kier molecular flexibility index (Phi) is 5.57. The Morgan fingerprint density at radius 3 is 2.72 bits per heavy atom. The van der Waals surface area contributed by atoms with Gasteiger partial charge in [0.1, 0.15) is 5.75 Å². The summed E-state index contributed by atoms with van der Waals surface area (Å²) in [5.41, 5.74) is 1.16. The van der Waals surface area contributed by atoms with Crippen molar-refractivity contribution in [1.29, 1.82) is 0 Å². The molecule has 2 aromatic carbocycles. The molecule has 0 unspecified atom stereocenters. The van der Waals surface area contributed by atoms with Crippen LogP contribution in [0.5, 0.6) is 5.75 Å². The first kappa shape index (κ1) is 19.1. The van der Waals surface area contributed by atoms with Crippen molar-refractivity contribution in [3.05, 3.63) is 64.7 Å². The maximum absolute atomic E-state index is 13.4. The molecular weight excluding hydrogens is 388 g/mol. The van der Waals surface area contributed by atoms with Crippen LogP contribution in [-0.2, 0) is 12.3 Å². The van der Waals surface area contributed by atoms with E-state index in [0.29, 0.717) is 33.2 Å². The predicted molar refractivity (Wildman–Crippen MR) is 112 cm³/mol. The number of aromatic nitrogens is 6. The lowest BCUT2D eigenvalue weighted by atomic mass is 10.2. The van der Waals surface area contributed by atoms with Gasteiger partial charge in [0, 0.05) is 6.54 Å². The zero-order chi connectivity index (χ0) is 20.2. The lowest BCUT2D eigenvalue weighted by Gasteiger charge is -2.15. The quantitative estimate of drug-likeness (QED) is 0.343. The Balaban J connectivity index is 1.83. The average Bonchev–Trinajstić information content (AvgIpc) is 3.20. The number of benzene rings is 2. The van der Waals surface area contributed by atoms with Crippen LogP contribution in [0.4, 0.5) is 0 Å². The number of para-hydroxylation sites is 3. The first-order valence-electron chi connectivity index (χ1n) is 9.26. The third-order valence-electron chi connectivity index (χ3n) is 4.44. The van der Waals surface area contributed by atoms with Crippen molar-refractivity contribution in [2.75, 3.05) is 7.11 Å². The van der Waals surface area contributed by atoms with Gasteiger partial charge in [0.05, 0.1) is 29.5 Å². The highest BCUT2D eigenvalue weighted by Gasteiger charge is 2.17. The third-order valence-corrected chi connectivity index (χ3v) is 5.38. The van der Waals surface area contributed by atoms with Gasteiger partial charge >= 0.3 is 0 Å². The van der Waals surface area contributed by atoms with E-state index in [0.717, 1.165) is 18.8 Å². The van der Waals surface area contributed by atoms with E-state index in [1.54, 1.807) is 22.4 Å². The smallest absolute Gasteiger partial charge is 0.266 e. The van der Waals surface area contributed by atoms with Crippen molar-refractivity contribution in [2.45, 2.75) is 30.8 Å². The van der Waals surface area contributed by atoms with Gasteiger partial charge < -0.3 is 4.74 Å². The summed E-state index contributed by atoms with van der Waals surface area (Å²) in [7, 11) is 1.59. The maximum Gasteiger partial charge on any atom is 0.266 e. The highest BCUT2D eigenvalue weighted by molar-refractivity contribution is 7.98. The van der Waals surface area contributed by atoms with Crippen LogP contribution in [0.15, 0.2) is 58.5 Å². The van der Waals surface area contributed by atoms with Crippen LogP contribution in [-0.4, -0.2) is 36.9 Å². The van der Waals surface area contributed by atoms with E-state index >= 15 is 0 Å². The zero-order valence-corrected chi connectivity index (χ0v) is 17.0. The SMILES string of the molecule is CCCn1nnnc1CSc1nc2ccccc2c(=O)n1-c1ccccc1OC. The van der Waals surface area contributed by atoms with Crippen molar-refractivity contribution in [3.8, 4) is 11.4 Å². The molecule has 0 aliphatic carbocycles. The predicted octanol–water partition coefficient (Wildman–Crippen LogP) is 3.08. The molecule has 0 saturated carbocycles. The molecule has 0 atom stereocenters. The average molecular weight is 408 g/mol. The number of methoxy groups -OCH3 is 1. The number of hydrogen-bond acceptors (Lipinski definition) is 7. The highest BCUT2D eigenvalue weighted by Crippen LogP contribution is 2.28. The normalized spacial score (nSPS) is 11.1. The fourth-order valence-corrected chi connectivity index (χ4v) is 4.02. The molecular formula is C20H20N6O2S. The third kappa shape index (κ3) is 3.73. The van der Waals surface area contributed by atoms with Gasteiger partial charge in [-0.1, -0.05) is 43.0 Å². The van der Waals surface area contributed by atoms with Gasteiger partial charge in [0.15, 0.2) is 11.0 Å². The minimum Gasteiger partial charge on any atom is -0.495 e. The highest BCUT2D eigenvalue weighted by atomic mass is 32.2. The van der Waals surface area contributed by atoms with Gasteiger partial charge in [-0.2, -0.15) is 0 Å². The largest absolute Gasteiger partial charge is 0.495 e. The van der Waals surface area contributed by atoms with Crippen LogP contribution in [0, 0.1) is 0 Å². The fraction of sp³-hybridized carbons (Fsp3) is 0.250. The Morgan fingerprint density at radius 1 is 1.10 bits per heavy atom. The molecule has 9 heteroatoms. The maximum atomic E-state index is 13.4.